The third kappa shape index (κ3) is 3.35. The Bertz CT molecular complexity index is 1000. The second kappa shape index (κ2) is 7.91. The van der Waals surface area contributed by atoms with Gasteiger partial charge in [0.25, 0.3) is 0 Å². The summed E-state index contributed by atoms with van der Waals surface area (Å²) in [7, 11) is 0. The van der Waals surface area contributed by atoms with Gasteiger partial charge in [0, 0.05) is 31.1 Å². The van der Waals surface area contributed by atoms with Crippen LogP contribution in [0.25, 0.3) is 0 Å². The Morgan fingerprint density at radius 2 is 1.84 bits per heavy atom. The molecular formula is C28H36N2O2. The van der Waals surface area contributed by atoms with Crippen LogP contribution in [0.4, 0.5) is 0 Å². The molecule has 0 spiro atoms. The Morgan fingerprint density at radius 1 is 1.06 bits per heavy atom. The van der Waals surface area contributed by atoms with Crippen molar-refractivity contribution in [2.24, 2.45) is 11.3 Å². The summed E-state index contributed by atoms with van der Waals surface area (Å²) in [6.45, 7) is 10.6. The van der Waals surface area contributed by atoms with Gasteiger partial charge in [0.15, 0.2) is 0 Å². The van der Waals surface area contributed by atoms with E-state index in [0.717, 1.165) is 57.4 Å². The molecule has 1 aliphatic carbocycles. The van der Waals surface area contributed by atoms with Gasteiger partial charge >= 0.3 is 0 Å². The molecule has 2 fully saturated rings. The molecule has 32 heavy (non-hydrogen) atoms. The summed E-state index contributed by atoms with van der Waals surface area (Å²) in [5.41, 5.74) is 3.56. The number of rotatable bonds is 3. The summed E-state index contributed by atoms with van der Waals surface area (Å²) in [6.07, 6.45) is 3.75. The largest absolute Gasteiger partial charge is 0.508 e. The smallest absolute Gasteiger partial charge is 0.227 e. The van der Waals surface area contributed by atoms with Crippen LogP contribution in [0.3, 0.4) is 0 Å². The van der Waals surface area contributed by atoms with E-state index in [1.165, 1.54) is 11.1 Å². The SMILES string of the molecule is CC1(C)[C@H]2Cc3c(O)cccc3[C@]1(C)CCN2C(=O)C1CCCN(Cc2ccccc2)C1. The lowest BCUT2D eigenvalue weighted by Gasteiger charge is -2.61. The number of likely N-dealkylation sites (tertiary alicyclic amines) is 2. The summed E-state index contributed by atoms with van der Waals surface area (Å²) in [5, 5.41) is 10.6. The maximum Gasteiger partial charge on any atom is 0.227 e. The van der Waals surface area contributed by atoms with Crippen molar-refractivity contribution in [1.82, 2.24) is 9.80 Å². The van der Waals surface area contributed by atoms with Gasteiger partial charge < -0.3 is 10.0 Å². The molecule has 2 aromatic rings. The van der Waals surface area contributed by atoms with Crippen molar-refractivity contribution in [3.8, 4) is 5.75 Å². The van der Waals surface area contributed by atoms with Crippen LogP contribution in [-0.4, -0.2) is 46.5 Å². The first-order valence-corrected chi connectivity index (χ1v) is 12.2. The van der Waals surface area contributed by atoms with Crippen LogP contribution in [0.5, 0.6) is 5.75 Å². The monoisotopic (exact) mass is 432 g/mol. The average molecular weight is 433 g/mol. The number of piperidine rings is 2. The highest BCUT2D eigenvalue weighted by molar-refractivity contribution is 5.80. The third-order valence-electron chi connectivity index (χ3n) is 9.01. The number of hydrogen-bond donors (Lipinski definition) is 1. The fourth-order valence-corrected chi connectivity index (χ4v) is 6.67. The van der Waals surface area contributed by atoms with Crippen molar-refractivity contribution < 1.29 is 9.90 Å². The van der Waals surface area contributed by atoms with E-state index in [4.69, 9.17) is 0 Å². The molecule has 0 aromatic heterocycles. The lowest BCUT2D eigenvalue weighted by molar-refractivity contribution is -0.150. The quantitative estimate of drug-likeness (QED) is 0.762. The summed E-state index contributed by atoms with van der Waals surface area (Å²) in [5.74, 6) is 0.773. The Kier molecular flexibility index (Phi) is 5.32. The van der Waals surface area contributed by atoms with Crippen molar-refractivity contribution in [3.63, 3.8) is 0 Å². The fraction of sp³-hybridized carbons (Fsp3) is 0.536. The Morgan fingerprint density at radius 3 is 2.62 bits per heavy atom. The molecule has 170 valence electrons. The van der Waals surface area contributed by atoms with Gasteiger partial charge in [-0.1, -0.05) is 63.2 Å². The van der Waals surface area contributed by atoms with Gasteiger partial charge in [-0.25, -0.2) is 0 Å². The second-order valence-corrected chi connectivity index (χ2v) is 10.9. The molecule has 5 rings (SSSR count). The van der Waals surface area contributed by atoms with Crippen LogP contribution in [0, 0.1) is 11.3 Å². The first-order chi connectivity index (χ1) is 15.3. The zero-order chi connectivity index (χ0) is 22.5. The standard InChI is InChI=1S/C28H36N2O2/c1-27(2)25-17-22-23(12-7-13-24(22)31)28(27,3)14-16-30(25)26(32)21-11-8-15-29(19-21)18-20-9-5-4-6-10-20/h4-7,9-10,12-13,21,25,31H,8,11,14-19H2,1-3H3/t21?,25-,28+/m1/s1. The molecule has 0 saturated carbocycles. The van der Waals surface area contributed by atoms with Crippen LogP contribution < -0.4 is 0 Å². The molecule has 3 atom stereocenters. The first-order valence-electron chi connectivity index (χ1n) is 12.2. The molecule has 0 radical (unpaired) electrons. The predicted molar refractivity (Wildman–Crippen MR) is 128 cm³/mol. The van der Waals surface area contributed by atoms with Gasteiger partial charge in [0.1, 0.15) is 5.75 Å². The molecule has 4 heteroatoms. The number of fused-ring (bicyclic) bond motifs is 4. The fourth-order valence-electron chi connectivity index (χ4n) is 6.67. The van der Waals surface area contributed by atoms with Gasteiger partial charge in [-0.3, -0.25) is 9.69 Å². The van der Waals surface area contributed by atoms with Gasteiger partial charge in [-0.2, -0.15) is 0 Å². The third-order valence-corrected chi connectivity index (χ3v) is 9.01. The van der Waals surface area contributed by atoms with Crippen LogP contribution in [0.2, 0.25) is 0 Å². The normalized spacial score (nSPS) is 29.4. The minimum atomic E-state index is -0.0416. The van der Waals surface area contributed by atoms with Crippen molar-refractivity contribution in [2.75, 3.05) is 19.6 Å². The zero-order valence-corrected chi connectivity index (χ0v) is 19.7. The second-order valence-electron chi connectivity index (χ2n) is 10.9. The van der Waals surface area contributed by atoms with Crippen LogP contribution in [0.15, 0.2) is 48.5 Å². The zero-order valence-electron chi connectivity index (χ0n) is 19.7. The highest BCUT2D eigenvalue weighted by Gasteiger charge is 2.57. The summed E-state index contributed by atoms with van der Waals surface area (Å²) >= 11 is 0. The number of carbonyl (C=O) groups excluding carboxylic acids is 1. The van der Waals surface area contributed by atoms with E-state index in [9.17, 15) is 9.90 Å². The Hall–Kier alpha value is -2.33. The van der Waals surface area contributed by atoms with Crippen LogP contribution in [-0.2, 0) is 23.2 Å². The number of phenols is 1. The van der Waals surface area contributed by atoms with Crippen LogP contribution in [0.1, 0.15) is 56.7 Å². The maximum atomic E-state index is 13.9. The molecular weight excluding hydrogens is 396 g/mol. The summed E-state index contributed by atoms with van der Waals surface area (Å²) in [4.78, 5) is 18.5. The minimum absolute atomic E-state index is 0.0350. The topological polar surface area (TPSA) is 43.8 Å². The molecule has 2 saturated heterocycles. The minimum Gasteiger partial charge on any atom is -0.508 e. The lowest BCUT2D eigenvalue weighted by atomic mass is 9.51. The summed E-state index contributed by atoms with van der Waals surface area (Å²) < 4.78 is 0. The van der Waals surface area contributed by atoms with Crippen molar-refractivity contribution in [1.29, 1.82) is 0 Å². The van der Waals surface area contributed by atoms with Crippen molar-refractivity contribution >= 4 is 5.91 Å². The highest BCUT2D eigenvalue weighted by Crippen LogP contribution is 2.57. The predicted octanol–water partition coefficient (Wildman–Crippen LogP) is 4.75. The molecule has 3 aliphatic rings. The lowest BCUT2D eigenvalue weighted by Crippen LogP contribution is -2.66. The molecule has 1 N–H and O–H groups in total. The van der Waals surface area contributed by atoms with Crippen molar-refractivity contribution in [3.05, 3.63) is 65.2 Å². The number of amides is 1. The molecule has 2 aromatic carbocycles. The Balaban J connectivity index is 1.38. The number of benzene rings is 2. The van der Waals surface area contributed by atoms with E-state index in [2.05, 4.69) is 67.0 Å². The molecule has 4 nitrogen and oxygen atoms in total. The van der Waals surface area contributed by atoms with E-state index in [1.807, 2.05) is 6.07 Å². The molecule has 2 aliphatic heterocycles. The van der Waals surface area contributed by atoms with E-state index in [0.29, 0.717) is 11.7 Å². The number of hydrogen-bond acceptors (Lipinski definition) is 3. The van der Waals surface area contributed by atoms with E-state index in [-0.39, 0.29) is 22.8 Å². The Labute approximate surface area is 192 Å². The number of nitrogens with zero attached hydrogens (tertiary/aromatic N) is 2. The van der Waals surface area contributed by atoms with Crippen molar-refractivity contribution in [2.45, 2.75) is 64.5 Å². The van der Waals surface area contributed by atoms with E-state index < -0.39 is 0 Å². The number of aromatic hydroxyl groups is 1. The highest BCUT2D eigenvalue weighted by atomic mass is 16.3. The van der Waals surface area contributed by atoms with Gasteiger partial charge in [0.2, 0.25) is 5.91 Å². The van der Waals surface area contributed by atoms with E-state index >= 15 is 0 Å². The van der Waals surface area contributed by atoms with Gasteiger partial charge in [0.05, 0.1) is 5.92 Å². The molecule has 2 bridgehead atoms. The molecule has 1 amide bonds. The molecule has 1 unspecified atom stereocenters. The van der Waals surface area contributed by atoms with Crippen LogP contribution >= 0.6 is 0 Å². The van der Waals surface area contributed by atoms with Gasteiger partial charge in [-0.05, 0) is 60.4 Å². The first kappa shape index (κ1) is 21.5. The number of carbonyl (C=O) groups is 1. The number of phenolic OH excluding ortho intramolecular Hbond substituents is 1. The summed E-state index contributed by atoms with van der Waals surface area (Å²) in [6, 6.07) is 16.7. The maximum absolute atomic E-state index is 13.9. The molecule has 2 heterocycles. The van der Waals surface area contributed by atoms with Gasteiger partial charge in [-0.15, -0.1) is 0 Å². The van der Waals surface area contributed by atoms with E-state index in [1.54, 1.807) is 6.07 Å². The average Bonchev–Trinajstić information content (AvgIpc) is 2.77.